The molecule has 3 nitrogen and oxygen atoms in total. The summed E-state index contributed by atoms with van der Waals surface area (Å²) in [6, 6.07) is 5.53. The van der Waals surface area contributed by atoms with Crippen LogP contribution in [0.5, 0.6) is 5.75 Å². The number of allylic oxidation sites excluding steroid dienone is 1. The van der Waals surface area contributed by atoms with Gasteiger partial charge in [-0.1, -0.05) is 25.1 Å². The highest BCUT2D eigenvalue weighted by Crippen LogP contribution is 2.36. The molecule has 2 rings (SSSR count). The molecule has 1 aromatic carbocycles. The zero-order valence-electron chi connectivity index (χ0n) is 9.40. The molecule has 0 spiro atoms. The molecule has 0 radical (unpaired) electrons. The third kappa shape index (κ3) is 1.69. The first-order chi connectivity index (χ1) is 7.77. The Hall–Kier alpha value is -1.77. The van der Waals surface area contributed by atoms with E-state index in [9.17, 15) is 4.79 Å². The van der Waals surface area contributed by atoms with Crippen LogP contribution in [0.2, 0.25) is 0 Å². The number of carbonyl (C=O) groups excluding carboxylic acids is 1. The van der Waals surface area contributed by atoms with Crippen LogP contribution in [0.1, 0.15) is 35.4 Å². The summed E-state index contributed by atoms with van der Waals surface area (Å²) >= 11 is 0. The van der Waals surface area contributed by atoms with E-state index in [1.54, 1.807) is 13.2 Å². The summed E-state index contributed by atoms with van der Waals surface area (Å²) in [4.78, 5) is 11.7. The fraction of sp³-hybridized carbons (Fsp3) is 0.308. The van der Waals surface area contributed by atoms with Crippen molar-refractivity contribution in [2.24, 2.45) is 0 Å². The molecule has 1 aromatic rings. The monoisotopic (exact) mass is 218 g/mol. The maximum atomic E-state index is 11.7. The lowest BCUT2D eigenvalue weighted by Crippen LogP contribution is -1.98. The van der Waals surface area contributed by atoms with Crippen LogP contribution in [-0.2, 0) is 4.74 Å². The molecule has 0 aliphatic carbocycles. The molecule has 0 aromatic heterocycles. The number of rotatable bonds is 3. The number of benzene rings is 1. The Morgan fingerprint density at radius 1 is 1.50 bits per heavy atom. The SMILES string of the molecule is CCC=CC1OC(=O)c2c(OC)cccc21. The second kappa shape index (κ2) is 4.39. The van der Waals surface area contributed by atoms with Crippen molar-refractivity contribution in [1.82, 2.24) is 0 Å². The lowest BCUT2D eigenvalue weighted by molar-refractivity contribution is 0.0465. The molecular weight excluding hydrogens is 204 g/mol. The molecule has 84 valence electrons. The number of fused-ring (bicyclic) bond motifs is 1. The Balaban J connectivity index is 2.43. The Morgan fingerprint density at radius 2 is 2.31 bits per heavy atom. The van der Waals surface area contributed by atoms with Crippen molar-refractivity contribution in [3.8, 4) is 5.75 Å². The van der Waals surface area contributed by atoms with Gasteiger partial charge < -0.3 is 9.47 Å². The van der Waals surface area contributed by atoms with Crippen molar-refractivity contribution in [2.45, 2.75) is 19.4 Å². The second-order valence-corrected chi connectivity index (χ2v) is 3.59. The Kier molecular flexibility index (Phi) is 2.95. The number of ether oxygens (including phenoxy) is 2. The molecule has 0 saturated carbocycles. The van der Waals surface area contributed by atoms with Crippen LogP contribution in [0.4, 0.5) is 0 Å². The van der Waals surface area contributed by atoms with E-state index in [4.69, 9.17) is 9.47 Å². The molecule has 1 heterocycles. The van der Waals surface area contributed by atoms with Crippen molar-refractivity contribution in [3.63, 3.8) is 0 Å². The van der Waals surface area contributed by atoms with Gasteiger partial charge >= 0.3 is 5.97 Å². The number of methoxy groups -OCH3 is 1. The molecule has 1 aliphatic heterocycles. The van der Waals surface area contributed by atoms with Gasteiger partial charge in [0.25, 0.3) is 0 Å². The first kappa shape index (κ1) is 10.7. The van der Waals surface area contributed by atoms with Gasteiger partial charge in [-0.2, -0.15) is 0 Å². The number of hydrogen-bond acceptors (Lipinski definition) is 3. The van der Waals surface area contributed by atoms with E-state index in [1.165, 1.54) is 0 Å². The molecule has 3 heteroatoms. The largest absolute Gasteiger partial charge is 0.496 e. The third-order valence-corrected chi connectivity index (χ3v) is 2.57. The van der Waals surface area contributed by atoms with Crippen molar-refractivity contribution in [3.05, 3.63) is 41.5 Å². The van der Waals surface area contributed by atoms with E-state index in [-0.39, 0.29) is 12.1 Å². The minimum absolute atomic E-state index is 0.266. The molecule has 0 fully saturated rings. The third-order valence-electron chi connectivity index (χ3n) is 2.57. The van der Waals surface area contributed by atoms with Crippen molar-refractivity contribution < 1.29 is 14.3 Å². The summed E-state index contributed by atoms with van der Waals surface area (Å²) in [6.07, 6.45) is 4.56. The predicted molar refractivity (Wildman–Crippen MR) is 60.6 cm³/mol. The summed E-state index contributed by atoms with van der Waals surface area (Å²) in [6.45, 7) is 2.04. The van der Waals surface area contributed by atoms with Crippen LogP contribution in [0, 0.1) is 0 Å². The van der Waals surface area contributed by atoms with Crippen LogP contribution in [-0.4, -0.2) is 13.1 Å². The summed E-state index contributed by atoms with van der Waals surface area (Å²) in [5.74, 6) is 0.271. The Bertz CT molecular complexity index is 435. The normalized spacial score (nSPS) is 18.6. The zero-order chi connectivity index (χ0) is 11.5. The molecule has 0 amide bonds. The highest BCUT2D eigenvalue weighted by Gasteiger charge is 2.32. The highest BCUT2D eigenvalue weighted by atomic mass is 16.6. The van der Waals surface area contributed by atoms with Gasteiger partial charge in [0, 0.05) is 5.56 Å². The lowest BCUT2D eigenvalue weighted by atomic mass is 10.0. The summed E-state index contributed by atoms with van der Waals surface area (Å²) < 4.78 is 10.4. The molecule has 1 unspecified atom stereocenters. The predicted octanol–water partition coefficient (Wildman–Crippen LogP) is 2.87. The highest BCUT2D eigenvalue weighted by molar-refractivity contribution is 5.97. The van der Waals surface area contributed by atoms with E-state index in [1.807, 2.05) is 31.2 Å². The van der Waals surface area contributed by atoms with Gasteiger partial charge in [0.2, 0.25) is 0 Å². The Morgan fingerprint density at radius 3 is 3.00 bits per heavy atom. The average molecular weight is 218 g/mol. The van der Waals surface area contributed by atoms with E-state index in [2.05, 4.69) is 0 Å². The first-order valence-corrected chi connectivity index (χ1v) is 5.32. The van der Waals surface area contributed by atoms with Crippen LogP contribution >= 0.6 is 0 Å². The van der Waals surface area contributed by atoms with E-state index in [0.29, 0.717) is 11.3 Å². The van der Waals surface area contributed by atoms with Crippen LogP contribution < -0.4 is 4.74 Å². The smallest absolute Gasteiger partial charge is 0.343 e. The van der Waals surface area contributed by atoms with Gasteiger partial charge in [0.15, 0.2) is 0 Å². The Labute approximate surface area is 94.7 Å². The molecular formula is C13H14O3. The number of esters is 1. The van der Waals surface area contributed by atoms with Gasteiger partial charge in [-0.25, -0.2) is 4.79 Å². The van der Waals surface area contributed by atoms with Gasteiger partial charge in [0.05, 0.1) is 7.11 Å². The molecule has 16 heavy (non-hydrogen) atoms. The number of carbonyl (C=O) groups is 1. The average Bonchev–Trinajstić information content (AvgIpc) is 2.64. The number of hydrogen-bond donors (Lipinski definition) is 0. The van der Waals surface area contributed by atoms with Crippen LogP contribution in [0.15, 0.2) is 30.4 Å². The molecule has 0 bridgehead atoms. The van der Waals surface area contributed by atoms with Gasteiger partial charge in [0.1, 0.15) is 17.4 Å². The maximum Gasteiger partial charge on any atom is 0.343 e. The van der Waals surface area contributed by atoms with E-state index in [0.717, 1.165) is 12.0 Å². The van der Waals surface area contributed by atoms with Crippen molar-refractivity contribution in [2.75, 3.05) is 7.11 Å². The second-order valence-electron chi connectivity index (χ2n) is 3.59. The number of cyclic esters (lactones) is 1. The fourth-order valence-electron chi connectivity index (χ4n) is 1.81. The topological polar surface area (TPSA) is 35.5 Å². The quantitative estimate of drug-likeness (QED) is 0.578. The first-order valence-electron chi connectivity index (χ1n) is 5.32. The van der Waals surface area contributed by atoms with E-state index < -0.39 is 0 Å². The standard InChI is InChI=1S/C13H14O3/c1-3-4-7-10-9-6-5-8-11(15-2)12(9)13(14)16-10/h4-8,10H,3H2,1-2H3. The van der Waals surface area contributed by atoms with Gasteiger partial charge in [-0.3, -0.25) is 0 Å². The maximum absolute atomic E-state index is 11.7. The van der Waals surface area contributed by atoms with Crippen molar-refractivity contribution in [1.29, 1.82) is 0 Å². The van der Waals surface area contributed by atoms with Crippen LogP contribution in [0.25, 0.3) is 0 Å². The summed E-state index contributed by atoms with van der Waals surface area (Å²) in [5, 5.41) is 0. The molecule has 0 saturated heterocycles. The summed E-state index contributed by atoms with van der Waals surface area (Å²) in [7, 11) is 1.55. The minimum Gasteiger partial charge on any atom is -0.496 e. The van der Waals surface area contributed by atoms with E-state index >= 15 is 0 Å². The molecule has 0 N–H and O–H groups in total. The summed E-state index contributed by atoms with van der Waals surface area (Å²) in [5.41, 5.74) is 1.44. The molecule has 1 atom stereocenters. The van der Waals surface area contributed by atoms with Gasteiger partial charge in [-0.05, 0) is 18.6 Å². The zero-order valence-corrected chi connectivity index (χ0v) is 9.40. The fourth-order valence-corrected chi connectivity index (χ4v) is 1.81. The molecule has 1 aliphatic rings. The minimum atomic E-state index is -0.307. The van der Waals surface area contributed by atoms with Crippen molar-refractivity contribution >= 4 is 5.97 Å². The van der Waals surface area contributed by atoms with Crippen LogP contribution in [0.3, 0.4) is 0 Å². The van der Waals surface area contributed by atoms with Gasteiger partial charge in [-0.15, -0.1) is 0 Å². The lowest BCUT2D eigenvalue weighted by Gasteiger charge is -2.05.